The molecule has 1 aromatic rings. The van der Waals surface area contributed by atoms with E-state index in [0.29, 0.717) is 24.8 Å². The Morgan fingerprint density at radius 3 is 2.70 bits per heavy atom. The molecule has 1 N–H and O–H groups in total. The van der Waals surface area contributed by atoms with E-state index in [1.54, 1.807) is 11.0 Å². The van der Waals surface area contributed by atoms with Crippen molar-refractivity contribution in [3.63, 3.8) is 0 Å². The van der Waals surface area contributed by atoms with Crippen LogP contribution in [0.5, 0.6) is 5.88 Å². The Morgan fingerprint density at radius 1 is 1.35 bits per heavy atom. The normalized spacial score (nSPS) is 10.6. The number of carboxylic acid groups (broad SMARTS) is 1. The zero-order valence-corrected chi connectivity index (χ0v) is 12.2. The first kappa shape index (κ1) is 16.2. The average Bonchev–Trinajstić information content (AvgIpc) is 2.41. The number of hydrogen-bond acceptors (Lipinski definition) is 6. The quantitative estimate of drug-likeness (QED) is 0.715. The third-order valence-electron chi connectivity index (χ3n) is 2.55. The van der Waals surface area contributed by atoms with Crippen molar-refractivity contribution >= 4 is 11.8 Å². The van der Waals surface area contributed by atoms with Crippen LogP contribution in [0.25, 0.3) is 0 Å². The summed E-state index contributed by atoms with van der Waals surface area (Å²) in [5, 5.41) is 8.99. The summed E-state index contributed by atoms with van der Waals surface area (Å²) in [5.74, 6) is 0.144. The summed E-state index contributed by atoms with van der Waals surface area (Å²) in [6.45, 7) is 3.80. The van der Waals surface area contributed by atoms with Crippen LogP contribution in [-0.4, -0.2) is 66.3 Å². The Morgan fingerprint density at radius 2 is 2.10 bits per heavy atom. The predicted molar refractivity (Wildman–Crippen MR) is 76.2 cm³/mol. The number of ether oxygens (including phenoxy) is 1. The Balaban J connectivity index is 2.79. The maximum absolute atomic E-state index is 11.0. The lowest BCUT2D eigenvalue weighted by Crippen LogP contribution is -2.36. The average molecular weight is 282 g/mol. The fraction of sp³-hybridized carbons (Fsp3) is 0.615. The van der Waals surface area contributed by atoms with Gasteiger partial charge in [0.2, 0.25) is 5.88 Å². The van der Waals surface area contributed by atoms with E-state index in [2.05, 4.69) is 9.97 Å². The molecule has 7 nitrogen and oxygen atoms in total. The second-order valence-corrected chi connectivity index (χ2v) is 4.68. The third-order valence-corrected chi connectivity index (χ3v) is 2.55. The van der Waals surface area contributed by atoms with Crippen molar-refractivity contribution in [1.29, 1.82) is 0 Å². The van der Waals surface area contributed by atoms with Crippen molar-refractivity contribution in [1.82, 2.24) is 14.9 Å². The number of anilines is 1. The van der Waals surface area contributed by atoms with Crippen LogP contribution in [0.15, 0.2) is 12.4 Å². The topological polar surface area (TPSA) is 78.8 Å². The van der Waals surface area contributed by atoms with E-state index in [0.717, 1.165) is 13.0 Å². The van der Waals surface area contributed by atoms with Crippen molar-refractivity contribution in [2.75, 3.05) is 45.2 Å². The molecule has 1 rings (SSSR count). The largest absolute Gasteiger partial charge is 0.480 e. The summed E-state index contributed by atoms with van der Waals surface area (Å²) < 4.78 is 5.44. The highest BCUT2D eigenvalue weighted by molar-refractivity contribution is 5.73. The number of carbonyl (C=O) groups is 1. The maximum Gasteiger partial charge on any atom is 0.323 e. The van der Waals surface area contributed by atoms with Crippen LogP contribution < -0.4 is 9.64 Å². The summed E-state index contributed by atoms with van der Waals surface area (Å²) >= 11 is 0. The molecular weight excluding hydrogens is 260 g/mol. The summed E-state index contributed by atoms with van der Waals surface area (Å²) in [6.07, 6.45) is 2.28. The molecule has 7 heteroatoms. The molecule has 0 bridgehead atoms. The molecule has 112 valence electrons. The van der Waals surface area contributed by atoms with Crippen LogP contribution in [0.1, 0.15) is 13.3 Å². The minimum Gasteiger partial charge on any atom is -0.480 e. The molecule has 0 atom stereocenters. The fourth-order valence-electron chi connectivity index (χ4n) is 1.55. The molecule has 0 spiro atoms. The Bertz CT molecular complexity index is 426. The van der Waals surface area contributed by atoms with E-state index >= 15 is 0 Å². The van der Waals surface area contributed by atoms with Crippen LogP contribution in [0, 0.1) is 0 Å². The number of aliphatic carboxylic acids is 1. The lowest BCUT2D eigenvalue weighted by molar-refractivity contribution is -0.135. The number of rotatable bonds is 9. The maximum atomic E-state index is 11.0. The zero-order valence-electron chi connectivity index (χ0n) is 12.2. The highest BCUT2D eigenvalue weighted by Crippen LogP contribution is 2.15. The van der Waals surface area contributed by atoms with Gasteiger partial charge in [-0.25, -0.2) is 9.97 Å². The Labute approximate surface area is 119 Å². The highest BCUT2D eigenvalue weighted by atomic mass is 16.5. The van der Waals surface area contributed by atoms with Gasteiger partial charge in [-0.15, -0.1) is 0 Å². The smallest absolute Gasteiger partial charge is 0.323 e. The molecule has 0 unspecified atom stereocenters. The van der Waals surface area contributed by atoms with Crippen LogP contribution in [0.3, 0.4) is 0 Å². The van der Waals surface area contributed by atoms with E-state index < -0.39 is 5.97 Å². The van der Waals surface area contributed by atoms with E-state index in [4.69, 9.17) is 9.84 Å². The van der Waals surface area contributed by atoms with Gasteiger partial charge in [-0.3, -0.25) is 4.79 Å². The highest BCUT2D eigenvalue weighted by Gasteiger charge is 2.13. The molecule has 0 aliphatic heterocycles. The second kappa shape index (κ2) is 8.31. The van der Waals surface area contributed by atoms with Gasteiger partial charge in [0.1, 0.15) is 18.7 Å². The van der Waals surface area contributed by atoms with Gasteiger partial charge in [-0.2, -0.15) is 0 Å². The lowest BCUT2D eigenvalue weighted by atomic mass is 10.4. The summed E-state index contributed by atoms with van der Waals surface area (Å²) in [4.78, 5) is 22.8. The van der Waals surface area contributed by atoms with E-state index in [1.807, 2.05) is 25.9 Å². The monoisotopic (exact) mass is 282 g/mol. The van der Waals surface area contributed by atoms with Gasteiger partial charge in [0.25, 0.3) is 0 Å². The predicted octanol–water partition coefficient (Wildman–Crippen LogP) is 0.718. The molecule has 1 heterocycles. The number of nitrogens with zero attached hydrogens (tertiary/aromatic N) is 4. The third kappa shape index (κ3) is 5.83. The van der Waals surface area contributed by atoms with Crippen molar-refractivity contribution in [3.05, 3.63) is 12.4 Å². The molecule has 0 amide bonds. The first-order valence-corrected chi connectivity index (χ1v) is 6.59. The first-order chi connectivity index (χ1) is 9.52. The molecule has 0 aliphatic carbocycles. The van der Waals surface area contributed by atoms with Gasteiger partial charge in [0.15, 0.2) is 0 Å². The lowest BCUT2D eigenvalue weighted by Gasteiger charge is -2.23. The number of likely N-dealkylation sites (N-methyl/N-ethyl adjacent to an activating group) is 1. The summed E-state index contributed by atoms with van der Waals surface area (Å²) in [5.41, 5.74) is 0. The van der Waals surface area contributed by atoms with Gasteiger partial charge >= 0.3 is 5.97 Å². The molecule has 0 aliphatic rings. The van der Waals surface area contributed by atoms with Gasteiger partial charge in [-0.1, -0.05) is 6.92 Å². The first-order valence-electron chi connectivity index (χ1n) is 6.59. The van der Waals surface area contributed by atoms with Gasteiger partial charge in [-0.05, 0) is 20.5 Å². The van der Waals surface area contributed by atoms with Gasteiger partial charge < -0.3 is 19.6 Å². The van der Waals surface area contributed by atoms with Crippen LogP contribution in [0.4, 0.5) is 5.82 Å². The van der Waals surface area contributed by atoms with E-state index in [9.17, 15) is 4.79 Å². The number of hydrogen-bond donors (Lipinski definition) is 1. The minimum atomic E-state index is -0.890. The number of aromatic nitrogens is 2. The standard InChI is InChI=1S/C13H22N4O3/c1-4-7-20-12-8-11(14-10-15-12)17(9-13(18)19)6-5-16(2)3/h8,10H,4-7,9H2,1-3H3,(H,18,19). The zero-order chi connectivity index (χ0) is 15.0. The SMILES string of the molecule is CCCOc1cc(N(CCN(C)C)CC(=O)O)ncn1. The molecule has 0 radical (unpaired) electrons. The van der Waals surface area contributed by atoms with Crippen LogP contribution in [-0.2, 0) is 4.79 Å². The summed E-state index contributed by atoms with van der Waals surface area (Å²) in [7, 11) is 3.88. The van der Waals surface area contributed by atoms with Gasteiger partial charge in [0.05, 0.1) is 6.61 Å². The molecule has 20 heavy (non-hydrogen) atoms. The van der Waals surface area contributed by atoms with E-state index in [1.165, 1.54) is 6.33 Å². The molecule has 0 saturated heterocycles. The van der Waals surface area contributed by atoms with Crippen molar-refractivity contribution < 1.29 is 14.6 Å². The molecule has 1 aromatic heterocycles. The van der Waals surface area contributed by atoms with Crippen LogP contribution in [0.2, 0.25) is 0 Å². The van der Waals surface area contributed by atoms with Gasteiger partial charge in [0, 0.05) is 19.2 Å². The number of carboxylic acids is 1. The minimum absolute atomic E-state index is 0.0991. The fourth-order valence-corrected chi connectivity index (χ4v) is 1.55. The second-order valence-electron chi connectivity index (χ2n) is 4.68. The Hall–Kier alpha value is -1.89. The van der Waals surface area contributed by atoms with Crippen LogP contribution >= 0.6 is 0 Å². The summed E-state index contributed by atoms with van der Waals surface area (Å²) in [6, 6.07) is 1.67. The van der Waals surface area contributed by atoms with Crippen molar-refractivity contribution in [3.8, 4) is 5.88 Å². The van der Waals surface area contributed by atoms with Crippen molar-refractivity contribution in [2.24, 2.45) is 0 Å². The Kier molecular flexibility index (Phi) is 6.72. The molecule has 0 aromatic carbocycles. The van der Waals surface area contributed by atoms with Crippen molar-refractivity contribution in [2.45, 2.75) is 13.3 Å². The molecular formula is C13H22N4O3. The molecule has 0 saturated carbocycles. The van der Waals surface area contributed by atoms with E-state index in [-0.39, 0.29) is 6.54 Å². The molecule has 0 fully saturated rings.